The molecule has 0 unspecified atom stereocenters. The molecule has 14 aromatic carbocycles. The quantitative estimate of drug-likeness (QED) is 0.0635. The number of aryl methyl sites for hydroxylation is 4. The van der Waals surface area contributed by atoms with Gasteiger partial charge >= 0.3 is 0 Å². The van der Waals surface area contributed by atoms with Crippen molar-refractivity contribution in [1.82, 2.24) is 9.97 Å². The lowest BCUT2D eigenvalue weighted by Gasteiger charge is -2.22. The van der Waals surface area contributed by atoms with Crippen LogP contribution in [0.5, 0.6) is 0 Å². The fourth-order valence-electron chi connectivity index (χ4n) is 17.5. The first kappa shape index (κ1) is 73.6. The number of ether oxygens (including phenoxy) is 1. The minimum Gasteiger partial charge on any atom is -0.381 e. The zero-order chi connectivity index (χ0) is 76.1. The van der Waals surface area contributed by atoms with E-state index in [1.807, 2.05) is 0 Å². The molecule has 1 fully saturated rings. The lowest BCUT2D eigenvalue weighted by Crippen LogP contribution is -2.14. The molecule has 0 atom stereocenters. The molecule has 1 saturated heterocycles. The Labute approximate surface area is 668 Å². The van der Waals surface area contributed by atoms with Gasteiger partial charge in [0.2, 0.25) is 0 Å². The highest BCUT2D eigenvalue weighted by Gasteiger charge is 2.35. The lowest BCUT2D eigenvalue weighted by molar-refractivity contribution is 0.198. The van der Waals surface area contributed by atoms with Crippen LogP contribution in [0.1, 0.15) is 123 Å². The fraction of sp³-hybridized carbons (Fsp3) is 0.182. The number of aromatic nitrogens is 2. The van der Waals surface area contributed by atoms with Crippen molar-refractivity contribution in [3.8, 4) is 112 Å². The summed E-state index contributed by atoms with van der Waals surface area (Å²) in [6.45, 7) is 6.69. The highest BCUT2D eigenvalue weighted by Crippen LogP contribution is 2.50. The average Bonchev–Trinajstić information content (AvgIpc) is 1.63. The molecule has 554 valence electrons. The van der Waals surface area contributed by atoms with Crippen molar-refractivity contribution >= 4 is 21.8 Å². The van der Waals surface area contributed by atoms with Gasteiger partial charge in [-0.25, -0.2) is 9.97 Å². The summed E-state index contributed by atoms with van der Waals surface area (Å²) in [6.07, 6.45) is 18.2. The summed E-state index contributed by atoms with van der Waals surface area (Å²) < 4.78 is 4.94. The smallest absolute Gasteiger partial charge is 0.0716 e. The number of pyridine rings is 2. The van der Waals surface area contributed by atoms with Gasteiger partial charge in [-0.1, -0.05) is 343 Å². The maximum absolute atomic E-state index is 5.34. The first-order valence-electron chi connectivity index (χ1n) is 41.3. The van der Waals surface area contributed by atoms with E-state index in [9.17, 15) is 0 Å². The van der Waals surface area contributed by atoms with Crippen molar-refractivity contribution in [3.05, 3.63) is 396 Å². The van der Waals surface area contributed by atoms with Gasteiger partial charge in [-0.15, -0.1) is 0 Å². The molecule has 3 heteroatoms. The number of benzene rings is 14. The summed E-state index contributed by atoms with van der Waals surface area (Å²) >= 11 is 0. The van der Waals surface area contributed by atoms with Gasteiger partial charge in [0, 0.05) is 40.5 Å². The topological polar surface area (TPSA) is 35.0 Å². The zero-order valence-corrected chi connectivity index (χ0v) is 65.3. The van der Waals surface area contributed by atoms with E-state index in [1.54, 1.807) is 0 Å². The molecule has 16 aromatic rings. The van der Waals surface area contributed by atoms with Crippen molar-refractivity contribution in [2.75, 3.05) is 13.2 Å². The van der Waals surface area contributed by atoms with E-state index < -0.39 is 0 Å². The van der Waals surface area contributed by atoms with Crippen LogP contribution in [0.15, 0.2) is 352 Å². The first-order chi connectivity index (χ1) is 55.8. The third kappa shape index (κ3) is 16.8. The molecule has 3 heterocycles. The van der Waals surface area contributed by atoms with Crippen LogP contribution in [0, 0.1) is 0 Å². The molecule has 1 aliphatic heterocycles. The van der Waals surface area contributed by atoms with Crippen molar-refractivity contribution in [1.29, 1.82) is 0 Å². The Morgan fingerprint density at radius 1 is 0.248 bits per heavy atom. The van der Waals surface area contributed by atoms with Crippen LogP contribution < -0.4 is 0 Å². The van der Waals surface area contributed by atoms with E-state index in [4.69, 9.17) is 14.7 Å². The Bertz CT molecular complexity index is 5970. The molecule has 0 saturated carbocycles. The molecule has 2 aromatic heterocycles. The molecular weight excluding hydrogens is 1370 g/mol. The number of rotatable bonds is 22. The second-order valence-corrected chi connectivity index (χ2v) is 31.6. The minimum atomic E-state index is -0.0640. The van der Waals surface area contributed by atoms with Crippen molar-refractivity contribution in [3.63, 3.8) is 0 Å². The normalized spacial score (nSPS) is 12.8. The Kier molecular flexibility index (Phi) is 22.6. The fourth-order valence-corrected chi connectivity index (χ4v) is 17.5. The maximum atomic E-state index is 5.34. The van der Waals surface area contributed by atoms with Gasteiger partial charge in [-0.05, 0) is 253 Å². The predicted octanol–water partition coefficient (Wildman–Crippen LogP) is 29.2. The second-order valence-electron chi connectivity index (χ2n) is 31.6. The first-order valence-corrected chi connectivity index (χ1v) is 41.3. The van der Waals surface area contributed by atoms with Gasteiger partial charge in [-0.3, -0.25) is 0 Å². The highest BCUT2D eigenvalue weighted by atomic mass is 16.5. The summed E-state index contributed by atoms with van der Waals surface area (Å²) in [4.78, 5) is 10.6. The Morgan fingerprint density at radius 3 is 1.09 bits per heavy atom. The molecule has 0 radical (unpaired) electrons. The number of hydrogen-bond donors (Lipinski definition) is 0. The summed E-state index contributed by atoms with van der Waals surface area (Å²) in [7, 11) is 0. The van der Waals surface area contributed by atoms with Crippen molar-refractivity contribution in [2.24, 2.45) is 0 Å². The van der Waals surface area contributed by atoms with Crippen LogP contribution in [-0.2, 0) is 42.3 Å². The van der Waals surface area contributed by atoms with Crippen molar-refractivity contribution < 1.29 is 4.74 Å². The maximum Gasteiger partial charge on any atom is 0.0716 e. The SMILES string of the molecule is C1CCOC1.CC1(C)c2ccccc2-c2ccc(-c3cc(-c4ccccc4)c4cc(-c5ccccc5-c5cccc(CCCCCCc6ccccc6)c5)ccc4n3)cc21.c1ccc(CCCCCCc2cccc(-c3ccccc3-c3ccc4nc(-c5ccc6c(c5)Cc5ccccc5-6)cc(-c5ccccc5)c4c3)c2)cc1. The lowest BCUT2D eigenvalue weighted by atomic mass is 9.82. The summed E-state index contributed by atoms with van der Waals surface area (Å²) in [5.41, 5.74) is 37.7. The van der Waals surface area contributed by atoms with Crippen LogP contribution in [0.4, 0.5) is 0 Å². The summed E-state index contributed by atoms with van der Waals surface area (Å²) in [6, 6.07) is 129. The van der Waals surface area contributed by atoms with E-state index in [0.29, 0.717) is 0 Å². The summed E-state index contributed by atoms with van der Waals surface area (Å²) in [5, 5.41) is 2.33. The number of hydrogen-bond acceptors (Lipinski definition) is 3. The van der Waals surface area contributed by atoms with Crippen LogP contribution >= 0.6 is 0 Å². The number of nitrogens with zero attached hydrogens (tertiary/aromatic N) is 2. The molecule has 3 nitrogen and oxygen atoms in total. The van der Waals surface area contributed by atoms with E-state index in [1.165, 1.54) is 216 Å². The second kappa shape index (κ2) is 34.6. The monoisotopic (exact) mass is 1460 g/mol. The van der Waals surface area contributed by atoms with Crippen molar-refractivity contribution in [2.45, 2.75) is 116 Å². The molecule has 0 bridgehead atoms. The van der Waals surface area contributed by atoms with E-state index >= 15 is 0 Å². The van der Waals surface area contributed by atoms with Gasteiger partial charge in [0.25, 0.3) is 0 Å². The standard InChI is InChI=1S/C54H47N.C52H43N.C4H8O/c1-54(2)50-29-16-15-28-46(50)47-32-30-43(36-51(47)54)53-37-48(40-23-11-6-12-24-40)49-35-42(31-33-52(49)55-53)45-27-14-13-26-44(45)41-25-17-22-39(34-41)21-8-4-3-7-18-38-19-9-5-10-20-38;1(5-16-37-17-7-3-8-18-37)2-6-19-38-20-15-24-40(32-38)45-26-13-14-27-47(45)42-29-31-51-50(35-42)49(39-21-9-4-10-22-39)36-52(53-51)43-28-30-48-44(34-43)33-41-23-11-12-25-46(41)48;1-2-4-5-3-1/h5-6,9-17,19-20,22-37H,3-4,7-8,18,21H2,1-2H3;3-4,7-15,17-18,20-32,34-36H,1-2,5-6,16,19,33H2;1-4H2. The number of fused-ring (bicyclic) bond motifs is 8. The highest BCUT2D eigenvalue weighted by molar-refractivity contribution is 6.02. The number of unbranched alkanes of at least 4 members (excludes halogenated alkanes) is 6. The minimum absolute atomic E-state index is 0.0640. The van der Waals surface area contributed by atoms with Crippen LogP contribution in [0.3, 0.4) is 0 Å². The predicted molar refractivity (Wildman–Crippen MR) is 477 cm³/mol. The van der Waals surface area contributed by atoms with Gasteiger partial charge in [0.15, 0.2) is 0 Å². The van der Waals surface area contributed by atoms with E-state index in [0.717, 1.165) is 71.4 Å². The molecule has 2 aliphatic carbocycles. The zero-order valence-electron chi connectivity index (χ0n) is 65.3. The van der Waals surface area contributed by atoms with E-state index in [-0.39, 0.29) is 5.41 Å². The van der Waals surface area contributed by atoms with Crippen LogP contribution in [-0.4, -0.2) is 23.2 Å². The van der Waals surface area contributed by atoms with Crippen LogP contribution in [0.25, 0.3) is 133 Å². The Morgan fingerprint density at radius 2 is 0.611 bits per heavy atom. The third-order valence-electron chi connectivity index (χ3n) is 23.6. The molecular formula is C110H98N2O. The molecule has 113 heavy (non-hydrogen) atoms. The summed E-state index contributed by atoms with van der Waals surface area (Å²) in [5.74, 6) is 0. The van der Waals surface area contributed by atoms with Gasteiger partial charge < -0.3 is 4.74 Å². The Hall–Kier alpha value is -12.1. The Balaban J connectivity index is 0.000000154. The molecule has 0 N–H and O–H groups in total. The average molecular weight is 1460 g/mol. The van der Waals surface area contributed by atoms with E-state index in [2.05, 4.69) is 366 Å². The molecule has 0 amide bonds. The van der Waals surface area contributed by atoms with Crippen LogP contribution in [0.2, 0.25) is 0 Å². The third-order valence-corrected chi connectivity index (χ3v) is 23.6. The molecule has 0 spiro atoms. The molecule has 3 aliphatic rings. The van der Waals surface area contributed by atoms with Gasteiger partial charge in [0.05, 0.1) is 22.4 Å². The molecule has 19 rings (SSSR count). The van der Waals surface area contributed by atoms with Gasteiger partial charge in [-0.2, -0.15) is 0 Å². The largest absolute Gasteiger partial charge is 0.381 e. The van der Waals surface area contributed by atoms with Gasteiger partial charge in [0.1, 0.15) is 0 Å².